The molecule has 2 rings (SSSR count). The molecule has 1 N–H and O–H groups in total. The molecular formula is C15H10ClF3N2O4. The highest BCUT2D eigenvalue weighted by Gasteiger charge is 2.33. The fraction of sp³-hybridized carbons (Fsp3) is 0.133. The number of para-hydroxylation sites is 2. The lowest BCUT2D eigenvalue weighted by Gasteiger charge is -2.12. The highest BCUT2D eigenvalue weighted by Crippen LogP contribution is 2.36. The third-order valence-corrected chi connectivity index (χ3v) is 3.31. The molecule has 0 aliphatic rings. The Kier molecular flexibility index (Phi) is 5.48. The van der Waals surface area contributed by atoms with E-state index < -0.39 is 34.2 Å². The molecule has 0 saturated heterocycles. The summed E-state index contributed by atoms with van der Waals surface area (Å²) in [5.74, 6) is -0.914. The largest absolute Gasteiger partial charge is 0.477 e. The summed E-state index contributed by atoms with van der Waals surface area (Å²) >= 11 is 5.48. The Morgan fingerprint density at radius 1 is 1.24 bits per heavy atom. The first-order valence-corrected chi connectivity index (χ1v) is 7.09. The van der Waals surface area contributed by atoms with E-state index in [9.17, 15) is 28.1 Å². The lowest BCUT2D eigenvalue weighted by molar-refractivity contribution is -0.385. The van der Waals surface area contributed by atoms with Crippen LogP contribution in [0.25, 0.3) is 0 Å². The molecule has 0 radical (unpaired) electrons. The van der Waals surface area contributed by atoms with E-state index in [1.165, 1.54) is 30.3 Å². The van der Waals surface area contributed by atoms with Gasteiger partial charge in [-0.15, -0.1) is 0 Å². The van der Waals surface area contributed by atoms with Crippen LogP contribution in [0, 0.1) is 10.1 Å². The molecule has 25 heavy (non-hydrogen) atoms. The van der Waals surface area contributed by atoms with Crippen LogP contribution in [0.2, 0.25) is 5.02 Å². The molecular weight excluding hydrogens is 365 g/mol. The lowest BCUT2D eigenvalue weighted by atomic mass is 10.2. The molecule has 1 amide bonds. The van der Waals surface area contributed by atoms with Crippen molar-refractivity contribution in [1.29, 1.82) is 0 Å². The van der Waals surface area contributed by atoms with Crippen molar-refractivity contribution >= 4 is 28.9 Å². The van der Waals surface area contributed by atoms with E-state index in [1.807, 2.05) is 0 Å². The van der Waals surface area contributed by atoms with E-state index in [-0.39, 0.29) is 17.1 Å². The number of halogens is 4. The number of rotatable bonds is 5. The van der Waals surface area contributed by atoms with Crippen LogP contribution < -0.4 is 10.1 Å². The quantitative estimate of drug-likeness (QED) is 0.625. The second-order valence-corrected chi connectivity index (χ2v) is 5.16. The molecule has 2 aromatic rings. The number of nitro groups is 1. The third kappa shape index (κ3) is 4.83. The fourth-order valence-corrected chi connectivity index (χ4v) is 2.12. The Labute approximate surface area is 144 Å². The van der Waals surface area contributed by atoms with Crippen molar-refractivity contribution < 1.29 is 27.6 Å². The van der Waals surface area contributed by atoms with Crippen molar-refractivity contribution in [3.8, 4) is 5.75 Å². The van der Waals surface area contributed by atoms with E-state index in [1.54, 1.807) is 0 Å². The van der Waals surface area contributed by atoms with Gasteiger partial charge in [0.2, 0.25) is 0 Å². The predicted octanol–water partition coefficient (Wildman–Crippen LogP) is 4.28. The molecule has 0 aliphatic carbocycles. The maximum absolute atomic E-state index is 12.8. The van der Waals surface area contributed by atoms with Crippen LogP contribution in [0.3, 0.4) is 0 Å². The van der Waals surface area contributed by atoms with E-state index in [4.69, 9.17) is 16.3 Å². The average Bonchev–Trinajstić information content (AvgIpc) is 2.54. The van der Waals surface area contributed by atoms with Gasteiger partial charge < -0.3 is 10.1 Å². The SMILES string of the molecule is O=C(COc1ccccc1[N+](=O)[O-])Nc1ccc(Cl)c(C(F)(F)F)c1. The highest BCUT2D eigenvalue weighted by atomic mass is 35.5. The number of ether oxygens (including phenoxy) is 1. The van der Waals surface area contributed by atoms with Crippen molar-refractivity contribution in [3.05, 3.63) is 63.2 Å². The molecule has 0 heterocycles. The number of alkyl halides is 3. The van der Waals surface area contributed by atoms with Gasteiger partial charge in [-0.2, -0.15) is 13.2 Å². The summed E-state index contributed by atoms with van der Waals surface area (Å²) in [4.78, 5) is 21.9. The fourth-order valence-electron chi connectivity index (χ4n) is 1.89. The minimum absolute atomic E-state index is 0.130. The molecule has 0 fully saturated rings. The van der Waals surface area contributed by atoms with Crippen LogP contribution in [0.4, 0.5) is 24.5 Å². The third-order valence-electron chi connectivity index (χ3n) is 2.98. The van der Waals surface area contributed by atoms with Gasteiger partial charge in [0.05, 0.1) is 15.5 Å². The first-order chi connectivity index (χ1) is 11.7. The number of nitro benzene ring substituents is 1. The summed E-state index contributed by atoms with van der Waals surface area (Å²) in [6.45, 7) is -0.616. The highest BCUT2D eigenvalue weighted by molar-refractivity contribution is 6.31. The summed E-state index contributed by atoms with van der Waals surface area (Å²) in [7, 11) is 0. The lowest BCUT2D eigenvalue weighted by Crippen LogP contribution is -2.20. The first-order valence-electron chi connectivity index (χ1n) is 6.71. The Balaban J connectivity index is 2.06. The number of carbonyl (C=O) groups excluding carboxylic acids is 1. The molecule has 0 saturated carbocycles. The zero-order valence-electron chi connectivity index (χ0n) is 12.3. The van der Waals surface area contributed by atoms with Gasteiger partial charge in [0.25, 0.3) is 5.91 Å². The van der Waals surface area contributed by atoms with Crippen molar-refractivity contribution in [2.75, 3.05) is 11.9 Å². The van der Waals surface area contributed by atoms with Crippen LogP contribution >= 0.6 is 11.6 Å². The van der Waals surface area contributed by atoms with Gasteiger partial charge in [-0.1, -0.05) is 23.7 Å². The molecule has 2 aromatic carbocycles. The molecule has 132 valence electrons. The number of carbonyl (C=O) groups is 1. The number of hydrogen-bond donors (Lipinski definition) is 1. The summed E-state index contributed by atoms with van der Waals surface area (Å²) in [6, 6.07) is 8.29. The molecule has 0 unspecified atom stereocenters. The van der Waals surface area contributed by atoms with Crippen molar-refractivity contribution in [3.63, 3.8) is 0 Å². The Morgan fingerprint density at radius 3 is 2.56 bits per heavy atom. The van der Waals surface area contributed by atoms with E-state index in [2.05, 4.69) is 5.32 Å². The summed E-state index contributed by atoms with van der Waals surface area (Å²) in [5.41, 5.74) is -1.55. The normalized spacial score (nSPS) is 11.0. The van der Waals surface area contributed by atoms with Crippen molar-refractivity contribution in [1.82, 2.24) is 0 Å². The molecule has 6 nitrogen and oxygen atoms in total. The van der Waals surface area contributed by atoms with Crippen LogP contribution in [0.1, 0.15) is 5.56 Å². The van der Waals surface area contributed by atoms with Gasteiger partial charge >= 0.3 is 11.9 Å². The molecule has 0 bridgehead atoms. The predicted molar refractivity (Wildman–Crippen MR) is 83.7 cm³/mol. The van der Waals surface area contributed by atoms with Crippen LogP contribution in [0.5, 0.6) is 5.75 Å². The van der Waals surface area contributed by atoms with Gasteiger partial charge in [0.1, 0.15) is 0 Å². The van der Waals surface area contributed by atoms with Crippen molar-refractivity contribution in [2.24, 2.45) is 0 Å². The maximum Gasteiger partial charge on any atom is 0.417 e. The summed E-state index contributed by atoms with van der Waals surface area (Å²) in [5, 5.41) is 12.5. The van der Waals surface area contributed by atoms with Crippen molar-refractivity contribution in [2.45, 2.75) is 6.18 Å². The van der Waals surface area contributed by atoms with Gasteiger partial charge in [0.15, 0.2) is 12.4 Å². The first kappa shape index (κ1) is 18.5. The maximum atomic E-state index is 12.8. The zero-order valence-corrected chi connectivity index (χ0v) is 13.1. The second-order valence-electron chi connectivity index (χ2n) is 4.75. The van der Waals surface area contributed by atoms with Gasteiger partial charge in [-0.05, 0) is 24.3 Å². The van der Waals surface area contributed by atoms with E-state index in [0.717, 1.165) is 6.07 Å². The Hall–Kier alpha value is -2.81. The van der Waals surface area contributed by atoms with E-state index >= 15 is 0 Å². The van der Waals surface area contributed by atoms with Gasteiger partial charge in [-0.25, -0.2) is 0 Å². The molecule has 0 atom stereocenters. The van der Waals surface area contributed by atoms with Crippen LogP contribution in [0.15, 0.2) is 42.5 Å². The minimum Gasteiger partial charge on any atom is -0.477 e. The molecule has 0 spiro atoms. The number of benzene rings is 2. The number of anilines is 1. The zero-order chi connectivity index (χ0) is 18.6. The Morgan fingerprint density at radius 2 is 1.92 bits per heavy atom. The average molecular weight is 375 g/mol. The second kappa shape index (κ2) is 7.39. The topological polar surface area (TPSA) is 81.5 Å². The van der Waals surface area contributed by atoms with Crippen LogP contribution in [-0.4, -0.2) is 17.4 Å². The monoisotopic (exact) mass is 374 g/mol. The number of amides is 1. The van der Waals surface area contributed by atoms with E-state index in [0.29, 0.717) is 6.07 Å². The smallest absolute Gasteiger partial charge is 0.417 e. The Bertz CT molecular complexity index is 812. The molecule has 10 heteroatoms. The number of hydrogen-bond acceptors (Lipinski definition) is 4. The number of nitrogens with zero attached hydrogens (tertiary/aromatic N) is 1. The minimum atomic E-state index is -4.67. The molecule has 0 aromatic heterocycles. The molecule has 0 aliphatic heterocycles. The number of nitrogens with one attached hydrogen (secondary N) is 1. The van der Waals surface area contributed by atoms with Crippen LogP contribution in [-0.2, 0) is 11.0 Å². The summed E-state index contributed by atoms with van der Waals surface area (Å²) < 4.78 is 43.4. The van der Waals surface area contributed by atoms with Gasteiger partial charge in [0, 0.05) is 11.8 Å². The standard InChI is InChI=1S/C15H10ClF3N2O4/c16-11-6-5-9(7-10(11)15(17,18)19)20-14(22)8-25-13-4-2-1-3-12(13)21(23)24/h1-7H,8H2,(H,20,22). The van der Waals surface area contributed by atoms with Gasteiger partial charge in [-0.3, -0.25) is 14.9 Å². The summed E-state index contributed by atoms with van der Waals surface area (Å²) in [6.07, 6.45) is -4.67.